The van der Waals surface area contributed by atoms with E-state index >= 15 is 0 Å². The zero-order valence-corrected chi connectivity index (χ0v) is 35.7. The third-order valence-corrected chi connectivity index (χ3v) is 9.22. The van der Waals surface area contributed by atoms with Gasteiger partial charge in [0.15, 0.2) is 0 Å². The van der Waals surface area contributed by atoms with Gasteiger partial charge in [0, 0.05) is 0 Å². The quantitative estimate of drug-likeness (QED) is 0.0344. The van der Waals surface area contributed by atoms with Crippen LogP contribution in [0.1, 0.15) is 135 Å². The Bertz CT molecular complexity index is 1050. The maximum Gasteiger partial charge on any atom is 0.540 e. The van der Waals surface area contributed by atoms with Crippen LogP contribution < -0.4 is 0 Å². The van der Waals surface area contributed by atoms with Gasteiger partial charge in [-0.3, -0.25) is 19.6 Å². The first kappa shape index (κ1) is 52.2. The van der Waals surface area contributed by atoms with E-state index in [-0.39, 0.29) is 12.8 Å². The summed E-state index contributed by atoms with van der Waals surface area (Å²) in [7, 11) is 0. The van der Waals surface area contributed by atoms with Crippen molar-refractivity contribution >= 4 is 30.8 Å². The van der Waals surface area contributed by atoms with E-state index < -0.39 is 104 Å². The summed E-state index contributed by atoms with van der Waals surface area (Å²) in [5.74, 6) is 0. The van der Waals surface area contributed by atoms with E-state index in [1.54, 1.807) is 69.2 Å². The van der Waals surface area contributed by atoms with Crippen molar-refractivity contribution in [1.29, 1.82) is 0 Å². The third kappa shape index (κ3) is 22.1. The summed E-state index contributed by atoms with van der Waals surface area (Å²) >= 11 is 0. The van der Waals surface area contributed by atoms with Crippen molar-refractivity contribution in [3.8, 4) is 0 Å². The number of rotatable bonds is 26. The number of hydrogen-bond acceptors (Lipinski definition) is 19. The summed E-state index contributed by atoms with van der Waals surface area (Å²) in [4.78, 5) is 102. The first-order chi connectivity index (χ1) is 25.9. The summed E-state index contributed by atoms with van der Waals surface area (Å²) in [6.45, 7) is 21.3. The zero-order valence-electron chi connectivity index (χ0n) is 35.7. The van der Waals surface area contributed by atoms with E-state index in [0.29, 0.717) is 25.7 Å². The molecule has 0 rings (SSSR count). The maximum absolute atomic E-state index is 13.1. The number of hydrogen-bond donors (Lipinski definition) is 0. The minimum atomic E-state index is -1.35. The first-order valence-electron chi connectivity index (χ1n) is 18.8. The molecule has 328 valence electrons. The average molecular weight is 815 g/mol. The van der Waals surface area contributed by atoms with Crippen LogP contribution in [0, 0.1) is 10.8 Å². The van der Waals surface area contributed by atoms with E-state index in [4.69, 9.17) is 67.5 Å². The highest BCUT2D eigenvalue weighted by atomic mass is 17.3. The molecule has 0 radical (unpaired) electrons. The predicted molar refractivity (Wildman–Crippen MR) is 194 cm³/mol. The predicted octanol–water partition coefficient (Wildman–Crippen LogP) is 9.03. The molecular formula is C37H66O19. The fraction of sp³-hybridized carbons (Fsp3) is 0.865. The Balaban J connectivity index is 5.95. The molecule has 0 heterocycles. The lowest BCUT2D eigenvalue weighted by Crippen LogP contribution is -2.41. The molecule has 0 N–H and O–H groups in total. The molecule has 0 aromatic carbocycles. The largest absolute Gasteiger partial charge is 0.540 e. The van der Waals surface area contributed by atoms with Crippen molar-refractivity contribution in [2.24, 2.45) is 10.8 Å². The Morgan fingerprint density at radius 1 is 0.304 bits per heavy atom. The van der Waals surface area contributed by atoms with Gasteiger partial charge >= 0.3 is 30.8 Å². The van der Waals surface area contributed by atoms with Gasteiger partial charge in [-0.25, -0.2) is 24.0 Å². The molecule has 0 aliphatic heterocycles. The molecule has 56 heavy (non-hydrogen) atoms. The van der Waals surface area contributed by atoms with Gasteiger partial charge in [-0.15, -0.1) is 0 Å². The van der Waals surface area contributed by atoms with E-state index in [1.807, 2.05) is 27.7 Å². The van der Waals surface area contributed by atoms with E-state index in [2.05, 4.69) is 0 Å². The van der Waals surface area contributed by atoms with Gasteiger partial charge < -0.3 is 28.4 Å². The van der Waals surface area contributed by atoms with E-state index in [0.717, 1.165) is 0 Å². The fourth-order valence-electron chi connectivity index (χ4n) is 3.10. The van der Waals surface area contributed by atoms with Gasteiger partial charge in [0.1, 0.15) is 62.0 Å². The monoisotopic (exact) mass is 814 g/mol. The van der Waals surface area contributed by atoms with Gasteiger partial charge in [0.05, 0.1) is 10.8 Å². The van der Waals surface area contributed by atoms with Crippen LogP contribution in [0.2, 0.25) is 0 Å². The SMILES string of the molecule is CCC(COC(=O)OCC(CC)(COC(=O)OOC(C)(C)CC)COC(=O)OOC(C)(C)CC)(COC(=O)OOC(C)(C)CC)COC(=O)OOC(C)(C)CC. The molecule has 0 aromatic rings. The second kappa shape index (κ2) is 24.1. The highest BCUT2D eigenvalue weighted by molar-refractivity contribution is 5.61. The van der Waals surface area contributed by atoms with E-state index in [1.165, 1.54) is 0 Å². The van der Waals surface area contributed by atoms with Crippen molar-refractivity contribution in [2.45, 2.75) is 158 Å². The van der Waals surface area contributed by atoms with Crippen LogP contribution in [0.4, 0.5) is 24.0 Å². The maximum atomic E-state index is 13.1. The van der Waals surface area contributed by atoms with Crippen molar-refractivity contribution in [3.05, 3.63) is 0 Å². The average Bonchev–Trinajstić information content (AvgIpc) is 3.17. The zero-order chi connectivity index (χ0) is 43.3. The number of ether oxygens (including phenoxy) is 6. The van der Waals surface area contributed by atoms with E-state index in [9.17, 15) is 24.0 Å². The van der Waals surface area contributed by atoms with Crippen molar-refractivity contribution in [1.82, 2.24) is 0 Å². The first-order valence-corrected chi connectivity index (χ1v) is 18.8. The molecule has 0 aromatic heterocycles. The summed E-state index contributed by atoms with van der Waals surface area (Å²) in [6.07, 6.45) is -3.67. The molecule has 0 amide bonds. The second-order valence-corrected chi connectivity index (χ2v) is 15.8. The Morgan fingerprint density at radius 3 is 0.643 bits per heavy atom. The van der Waals surface area contributed by atoms with Gasteiger partial charge in [0.2, 0.25) is 0 Å². The normalized spacial score (nSPS) is 12.5. The molecule has 0 saturated heterocycles. The molecule has 0 bridgehead atoms. The van der Waals surface area contributed by atoms with Crippen LogP contribution in [0.5, 0.6) is 0 Å². The van der Waals surface area contributed by atoms with Crippen LogP contribution in [-0.4, -0.2) is 92.8 Å². The Labute approximate surface area is 330 Å². The van der Waals surface area contributed by atoms with Crippen LogP contribution in [0.3, 0.4) is 0 Å². The van der Waals surface area contributed by atoms with Crippen LogP contribution in [-0.2, 0) is 67.5 Å². The Morgan fingerprint density at radius 2 is 0.482 bits per heavy atom. The van der Waals surface area contributed by atoms with Gasteiger partial charge in [-0.2, -0.15) is 19.6 Å². The van der Waals surface area contributed by atoms with Crippen molar-refractivity contribution < 1.29 is 91.5 Å². The topological polar surface area (TPSA) is 215 Å². The van der Waals surface area contributed by atoms with Crippen LogP contribution >= 0.6 is 0 Å². The molecule has 0 saturated carbocycles. The van der Waals surface area contributed by atoms with Gasteiger partial charge in [-0.1, -0.05) is 41.5 Å². The fourth-order valence-corrected chi connectivity index (χ4v) is 3.10. The summed E-state index contributed by atoms with van der Waals surface area (Å²) in [5, 5.41) is 0. The lowest BCUT2D eigenvalue weighted by atomic mass is 9.88. The third-order valence-electron chi connectivity index (χ3n) is 9.22. The van der Waals surface area contributed by atoms with Crippen LogP contribution in [0.25, 0.3) is 0 Å². The molecule has 19 nitrogen and oxygen atoms in total. The molecule has 0 fully saturated rings. The number of carbonyl (C=O) groups excluding carboxylic acids is 5. The molecule has 0 unspecified atom stereocenters. The van der Waals surface area contributed by atoms with Crippen molar-refractivity contribution in [2.75, 3.05) is 39.6 Å². The molecular weight excluding hydrogens is 748 g/mol. The van der Waals surface area contributed by atoms with Gasteiger partial charge in [-0.05, 0) is 93.9 Å². The van der Waals surface area contributed by atoms with Crippen molar-refractivity contribution in [3.63, 3.8) is 0 Å². The molecule has 19 heteroatoms. The number of carbonyl (C=O) groups is 5. The summed E-state index contributed by atoms with van der Waals surface area (Å²) in [5.41, 5.74) is -5.88. The minimum absolute atomic E-state index is 0.127. The second-order valence-electron chi connectivity index (χ2n) is 15.8. The molecule has 0 atom stereocenters. The van der Waals surface area contributed by atoms with Gasteiger partial charge in [0.25, 0.3) is 0 Å². The molecule has 0 aliphatic rings. The highest BCUT2D eigenvalue weighted by Gasteiger charge is 2.39. The highest BCUT2D eigenvalue weighted by Crippen LogP contribution is 2.28. The standard InChI is InChI=1S/C37H66O19/c1-15-32(7,8)53-49-28(39)45-23-36(19-5,24-46-29(40)50-54-33(9,10)16-2)21-43-27(38)44-22-37(20-6,25-47-30(41)51-55-34(11,12)17-3)26-48-31(42)52-56-35(13,14)18-4/h15-26H2,1-14H3. The minimum Gasteiger partial charge on any atom is -0.433 e. The summed E-state index contributed by atoms with van der Waals surface area (Å²) in [6, 6.07) is 0. The molecule has 0 spiro atoms. The van der Waals surface area contributed by atoms with Crippen LogP contribution in [0.15, 0.2) is 0 Å². The lowest BCUT2D eigenvalue weighted by molar-refractivity contribution is -0.321. The molecule has 0 aliphatic carbocycles. The smallest absolute Gasteiger partial charge is 0.433 e. The Hall–Kier alpha value is -3.81. The summed E-state index contributed by atoms with van der Waals surface area (Å²) < 4.78 is 31.8. The lowest BCUT2D eigenvalue weighted by Gasteiger charge is -2.32. The Kier molecular flexibility index (Phi) is 22.4.